The lowest BCUT2D eigenvalue weighted by molar-refractivity contribution is 0.0712. The SMILES string of the molecule is CN=CC(=CN)c1ccc(C2CCN(C(=O)c3ccc(OCc4ccccc4)c(NC(=O)c4ccc(NC(C)C)nc4)c3)CC2)cc1. The molecule has 9 heteroatoms. The van der Waals surface area contributed by atoms with Crippen LogP contribution < -0.4 is 21.1 Å². The van der Waals surface area contributed by atoms with Gasteiger partial charge in [-0.2, -0.15) is 0 Å². The van der Waals surface area contributed by atoms with Crippen LogP contribution in [0.3, 0.4) is 0 Å². The molecule has 0 saturated carbocycles. The number of pyridine rings is 1. The van der Waals surface area contributed by atoms with Gasteiger partial charge in [-0.1, -0.05) is 54.6 Å². The van der Waals surface area contributed by atoms with E-state index in [0.717, 1.165) is 29.5 Å². The van der Waals surface area contributed by atoms with Crippen LogP contribution in [0, 0.1) is 0 Å². The highest BCUT2D eigenvalue weighted by atomic mass is 16.5. The van der Waals surface area contributed by atoms with Crippen LogP contribution in [0.5, 0.6) is 5.75 Å². The summed E-state index contributed by atoms with van der Waals surface area (Å²) in [5.41, 5.74) is 11.2. The van der Waals surface area contributed by atoms with Gasteiger partial charge in [0.2, 0.25) is 0 Å². The molecule has 0 spiro atoms. The third-order valence-electron chi connectivity index (χ3n) is 8.12. The molecule has 242 valence electrons. The number of rotatable bonds is 11. The lowest BCUT2D eigenvalue weighted by Crippen LogP contribution is -2.38. The van der Waals surface area contributed by atoms with E-state index in [1.165, 1.54) is 11.8 Å². The molecular formula is C38H42N6O3. The third-order valence-corrected chi connectivity index (χ3v) is 8.12. The highest BCUT2D eigenvalue weighted by molar-refractivity contribution is 6.09. The van der Waals surface area contributed by atoms with Crippen LogP contribution in [0.2, 0.25) is 0 Å². The standard InChI is InChI=1S/C38H42N6O3/c1-26(2)42-36-16-14-32(24-41-36)37(45)43-34-21-31(13-15-35(34)47-25-27-7-5-4-6-8-27)38(46)44-19-17-30(18-20-44)28-9-11-29(12-10-28)33(22-39)23-40-3/h4-16,21-24,26,30H,17-20,25,39H2,1-3H3,(H,41,42)(H,43,45). The van der Waals surface area contributed by atoms with Gasteiger partial charge in [0.1, 0.15) is 18.2 Å². The average molecular weight is 631 g/mol. The van der Waals surface area contributed by atoms with Gasteiger partial charge in [-0.15, -0.1) is 0 Å². The second kappa shape index (κ2) is 15.7. The Bertz CT molecular complexity index is 1710. The van der Waals surface area contributed by atoms with Gasteiger partial charge in [0, 0.05) is 55.9 Å². The molecule has 0 radical (unpaired) electrons. The summed E-state index contributed by atoms with van der Waals surface area (Å²) in [6.45, 7) is 5.64. The molecule has 1 fully saturated rings. The number of piperidine rings is 1. The van der Waals surface area contributed by atoms with Crippen molar-refractivity contribution in [3.63, 3.8) is 0 Å². The maximum Gasteiger partial charge on any atom is 0.257 e. The van der Waals surface area contributed by atoms with E-state index in [4.69, 9.17) is 10.5 Å². The first-order chi connectivity index (χ1) is 22.8. The van der Waals surface area contributed by atoms with Crippen LogP contribution in [0.4, 0.5) is 11.5 Å². The van der Waals surface area contributed by atoms with E-state index < -0.39 is 0 Å². The summed E-state index contributed by atoms with van der Waals surface area (Å²) in [4.78, 5) is 37.3. The molecule has 0 aliphatic carbocycles. The normalized spacial score (nSPS) is 14.0. The first kappa shape index (κ1) is 32.9. The fourth-order valence-electron chi connectivity index (χ4n) is 5.62. The summed E-state index contributed by atoms with van der Waals surface area (Å²) in [6.07, 6.45) is 6.56. The van der Waals surface area contributed by atoms with Crippen LogP contribution >= 0.6 is 0 Å². The molecule has 0 atom stereocenters. The first-order valence-electron chi connectivity index (χ1n) is 15.9. The minimum Gasteiger partial charge on any atom is -0.487 e. The lowest BCUT2D eigenvalue weighted by Gasteiger charge is -2.32. The maximum atomic E-state index is 13.7. The van der Waals surface area contributed by atoms with Gasteiger partial charge in [0.05, 0.1) is 11.3 Å². The number of hydrogen-bond acceptors (Lipinski definition) is 7. The predicted octanol–water partition coefficient (Wildman–Crippen LogP) is 6.75. The quantitative estimate of drug-likeness (QED) is 0.158. The molecule has 0 bridgehead atoms. The Kier molecular flexibility index (Phi) is 11.0. The van der Waals surface area contributed by atoms with Crippen molar-refractivity contribution in [1.82, 2.24) is 9.88 Å². The van der Waals surface area contributed by atoms with Crippen LogP contribution in [0.1, 0.15) is 70.0 Å². The van der Waals surface area contributed by atoms with E-state index >= 15 is 0 Å². The van der Waals surface area contributed by atoms with Gasteiger partial charge < -0.3 is 26.0 Å². The van der Waals surface area contributed by atoms with Crippen molar-refractivity contribution in [2.75, 3.05) is 30.8 Å². The Labute approximate surface area is 276 Å². The number of carbonyl (C=O) groups is 2. The van der Waals surface area contributed by atoms with Crippen molar-refractivity contribution in [1.29, 1.82) is 0 Å². The third kappa shape index (κ3) is 8.64. The number of nitrogens with one attached hydrogen (secondary N) is 2. The predicted molar refractivity (Wildman–Crippen MR) is 189 cm³/mol. The highest BCUT2D eigenvalue weighted by Gasteiger charge is 2.25. The molecule has 1 aliphatic rings. The smallest absolute Gasteiger partial charge is 0.257 e. The number of aromatic nitrogens is 1. The molecule has 4 N–H and O–H groups in total. The summed E-state index contributed by atoms with van der Waals surface area (Å²) in [5.74, 6) is 1.11. The van der Waals surface area contributed by atoms with Crippen LogP contribution in [0.15, 0.2) is 102 Å². The number of nitrogens with zero attached hydrogens (tertiary/aromatic N) is 3. The molecule has 3 aromatic carbocycles. The molecule has 47 heavy (non-hydrogen) atoms. The van der Waals surface area contributed by atoms with E-state index in [9.17, 15) is 9.59 Å². The zero-order valence-electron chi connectivity index (χ0n) is 27.1. The molecule has 1 aromatic heterocycles. The first-order valence-corrected chi connectivity index (χ1v) is 15.9. The minimum atomic E-state index is -0.342. The summed E-state index contributed by atoms with van der Waals surface area (Å²) in [5, 5.41) is 6.18. The number of benzene rings is 3. The number of ether oxygens (including phenoxy) is 1. The van der Waals surface area contributed by atoms with Crippen molar-refractivity contribution >= 4 is 35.1 Å². The molecule has 0 unspecified atom stereocenters. The molecule has 1 saturated heterocycles. The molecule has 4 aromatic rings. The topological polar surface area (TPSA) is 122 Å². The number of anilines is 2. The van der Waals surface area contributed by atoms with E-state index in [1.807, 2.05) is 49.1 Å². The fourth-order valence-corrected chi connectivity index (χ4v) is 5.62. The zero-order chi connectivity index (χ0) is 33.2. The number of allylic oxidation sites excluding steroid dienone is 1. The highest BCUT2D eigenvalue weighted by Crippen LogP contribution is 2.32. The largest absolute Gasteiger partial charge is 0.487 e. The fraction of sp³-hybridized carbons (Fsp3) is 0.263. The Hall–Kier alpha value is -5.44. The van der Waals surface area contributed by atoms with E-state index in [0.29, 0.717) is 54.0 Å². The van der Waals surface area contributed by atoms with Gasteiger partial charge in [-0.3, -0.25) is 14.6 Å². The Balaban J connectivity index is 1.29. The number of aliphatic imine (C=N–C) groups is 1. The van der Waals surface area contributed by atoms with Crippen molar-refractivity contribution in [2.45, 2.75) is 45.3 Å². The Morgan fingerprint density at radius 3 is 2.32 bits per heavy atom. The number of amides is 2. The number of likely N-dealkylation sites (tertiary alicyclic amines) is 1. The summed E-state index contributed by atoms with van der Waals surface area (Å²) < 4.78 is 6.13. The summed E-state index contributed by atoms with van der Waals surface area (Å²) >= 11 is 0. The van der Waals surface area contributed by atoms with Gasteiger partial charge in [-0.25, -0.2) is 4.98 Å². The molecule has 2 heterocycles. The Morgan fingerprint density at radius 2 is 1.68 bits per heavy atom. The Morgan fingerprint density at radius 1 is 0.979 bits per heavy atom. The zero-order valence-corrected chi connectivity index (χ0v) is 27.1. The van der Waals surface area contributed by atoms with Crippen molar-refractivity contribution in [3.8, 4) is 5.75 Å². The number of nitrogens with two attached hydrogens (primary N) is 1. The number of carbonyl (C=O) groups excluding carboxylic acids is 2. The molecular weight excluding hydrogens is 588 g/mol. The second-order valence-corrected chi connectivity index (χ2v) is 11.9. The van der Waals surface area contributed by atoms with Crippen molar-refractivity contribution in [2.24, 2.45) is 10.7 Å². The monoisotopic (exact) mass is 630 g/mol. The average Bonchev–Trinajstić information content (AvgIpc) is 3.10. The molecule has 1 aliphatic heterocycles. The maximum absolute atomic E-state index is 13.7. The van der Waals surface area contributed by atoms with Crippen LogP contribution in [0.25, 0.3) is 5.57 Å². The second-order valence-electron chi connectivity index (χ2n) is 11.9. The van der Waals surface area contributed by atoms with Gasteiger partial charge in [0.15, 0.2) is 0 Å². The number of hydrogen-bond donors (Lipinski definition) is 3. The van der Waals surface area contributed by atoms with Crippen molar-refractivity contribution < 1.29 is 14.3 Å². The summed E-state index contributed by atoms with van der Waals surface area (Å²) in [6, 6.07) is 27.1. The van der Waals surface area contributed by atoms with E-state index in [2.05, 4.69) is 44.9 Å². The molecule has 2 amide bonds. The van der Waals surface area contributed by atoms with E-state index in [-0.39, 0.29) is 17.9 Å². The lowest BCUT2D eigenvalue weighted by atomic mass is 9.88. The van der Waals surface area contributed by atoms with Gasteiger partial charge >= 0.3 is 0 Å². The molecule has 5 rings (SSSR count). The van der Waals surface area contributed by atoms with Crippen LogP contribution in [-0.2, 0) is 6.61 Å². The van der Waals surface area contributed by atoms with Gasteiger partial charge in [0.25, 0.3) is 11.8 Å². The molecule has 9 nitrogen and oxygen atoms in total. The minimum absolute atomic E-state index is 0.0775. The van der Waals surface area contributed by atoms with Crippen LogP contribution in [-0.4, -0.2) is 54.1 Å². The van der Waals surface area contributed by atoms with E-state index in [1.54, 1.807) is 49.8 Å². The van der Waals surface area contributed by atoms with Gasteiger partial charge in [-0.05, 0) is 79.6 Å². The summed E-state index contributed by atoms with van der Waals surface area (Å²) in [7, 11) is 1.72. The van der Waals surface area contributed by atoms with Crippen molar-refractivity contribution in [3.05, 3.63) is 125 Å².